The highest BCUT2D eigenvalue weighted by Crippen LogP contribution is 2.07. The Balaban J connectivity index is 1.96. The van der Waals surface area contributed by atoms with Gasteiger partial charge in [0.2, 0.25) is 0 Å². The molecule has 0 bridgehead atoms. The molecule has 2 heterocycles. The van der Waals surface area contributed by atoms with Crippen molar-refractivity contribution in [3.05, 3.63) is 36.2 Å². The molecule has 18 heavy (non-hydrogen) atoms. The van der Waals surface area contributed by atoms with Crippen molar-refractivity contribution in [2.45, 2.75) is 39.4 Å². The maximum atomic E-state index is 4.08. The fourth-order valence-electron chi connectivity index (χ4n) is 1.67. The Hall–Kier alpha value is -1.62. The summed E-state index contributed by atoms with van der Waals surface area (Å²) in [7, 11) is 1.96. The monoisotopic (exact) mass is 247 g/mol. The van der Waals surface area contributed by atoms with E-state index in [1.807, 2.05) is 11.6 Å². The number of aromatic nitrogens is 4. The normalized spacial score (nSPS) is 12.0. The number of hydrogen-bond acceptors (Lipinski definition) is 3. The van der Waals surface area contributed by atoms with E-state index < -0.39 is 0 Å². The van der Waals surface area contributed by atoms with Crippen molar-refractivity contribution < 1.29 is 0 Å². The second kappa shape index (κ2) is 4.94. The lowest BCUT2D eigenvalue weighted by Gasteiger charge is -2.19. The van der Waals surface area contributed by atoms with Crippen LogP contribution in [-0.4, -0.2) is 24.9 Å². The van der Waals surface area contributed by atoms with Gasteiger partial charge in [0, 0.05) is 31.5 Å². The molecule has 0 aliphatic rings. The standard InChI is InChI=1S/C13H21N5/c1-13(2,3)14-7-11-5-6-18(8-11)9-12-16-15-10-17(12)4/h5-6,8,10,14H,7,9H2,1-4H3. The van der Waals surface area contributed by atoms with Crippen LogP contribution < -0.4 is 5.32 Å². The molecular formula is C13H21N5. The molecule has 1 N–H and O–H groups in total. The summed E-state index contributed by atoms with van der Waals surface area (Å²) >= 11 is 0. The third kappa shape index (κ3) is 3.43. The molecule has 5 nitrogen and oxygen atoms in total. The van der Waals surface area contributed by atoms with Gasteiger partial charge in [0.25, 0.3) is 0 Å². The average Bonchev–Trinajstić information content (AvgIpc) is 2.86. The highest BCUT2D eigenvalue weighted by Gasteiger charge is 2.09. The molecular weight excluding hydrogens is 226 g/mol. The van der Waals surface area contributed by atoms with Crippen LogP contribution >= 0.6 is 0 Å². The van der Waals surface area contributed by atoms with Crippen LogP contribution in [0.1, 0.15) is 32.2 Å². The van der Waals surface area contributed by atoms with Gasteiger partial charge in [0.15, 0.2) is 5.82 Å². The summed E-state index contributed by atoms with van der Waals surface area (Å²) in [6, 6.07) is 2.13. The van der Waals surface area contributed by atoms with Gasteiger partial charge in [-0.25, -0.2) is 0 Å². The first kappa shape index (κ1) is 12.8. The molecule has 0 aliphatic carbocycles. The smallest absolute Gasteiger partial charge is 0.152 e. The molecule has 0 unspecified atom stereocenters. The Bertz CT molecular complexity index is 503. The molecule has 2 rings (SSSR count). The molecule has 5 heteroatoms. The minimum absolute atomic E-state index is 0.145. The molecule has 0 atom stereocenters. The van der Waals surface area contributed by atoms with Crippen LogP contribution in [0, 0.1) is 0 Å². The Labute approximate surface area is 108 Å². The predicted molar refractivity (Wildman–Crippen MR) is 71.1 cm³/mol. The van der Waals surface area contributed by atoms with E-state index in [1.165, 1.54) is 5.56 Å². The van der Waals surface area contributed by atoms with E-state index >= 15 is 0 Å². The molecule has 2 aromatic rings. The van der Waals surface area contributed by atoms with E-state index in [-0.39, 0.29) is 5.54 Å². The number of nitrogens with one attached hydrogen (secondary N) is 1. The van der Waals surface area contributed by atoms with Gasteiger partial charge in [0.05, 0.1) is 6.54 Å². The summed E-state index contributed by atoms with van der Waals surface area (Å²) in [5.74, 6) is 0.959. The largest absolute Gasteiger partial charge is 0.346 e. The van der Waals surface area contributed by atoms with Crippen molar-refractivity contribution in [1.82, 2.24) is 24.6 Å². The van der Waals surface area contributed by atoms with E-state index in [2.05, 4.69) is 59.3 Å². The summed E-state index contributed by atoms with van der Waals surface area (Å²) in [6.45, 7) is 8.15. The Morgan fingerprint density at radius 2 is 2.11 bits per heavy atom. The highest BCUT2D eigenvalue weighted by molar-refractivity contribution is 5.11. The van der Waals surface area contributed by atoms with Gasteiger partial charge < -0.3 is 14.5 Å². The fraction of sp³-hybridized carbons (Fsp3) is 0.538. The Morgan fingerprint density at radius 1 is 1.33 bits per heavy atom. The van der Waals surface area contributed by atoms with Crippen LogP contribution in [0.25, 0.3) is 0 Å². The van der Waals surface area contributed by atoms with E-state index in [4.69, 9.17) is 0 Å². The van der Waals surface area contributed by atoms with Crippen molar-refractivity contribution in [2.75, 3.05) is 0 Å². The highest BCUT2D eigenvalue weighted by atomic mass is 15.3. The van der Waals surface area contributed by atoms with Crippen molar-refractivity contribution in [1.29, 1.82) is 0 Å². The Kier molecular flexibility index (Phi) is 3.52. The molecule has 0 fully saturated rings. The lowest BCUT2D eigenvalue weighted by Crippen LogP contribution is -2.34. The maximum absolute atomic E-state index is 4.08. The number of nitrogens with zero attached hydrogens (tertiary/aromatic N) is 4. The lowest BCUT2D eigenvalue weighted by atomic mass is 10.1. The second-order valence-corrected chi connectivity index (χ2v) is 5.65. The third-order valence-corrected chi connectivity index (χ3v) is 2.76. The van der Waals surface area contributed by atoms with Crippen LogP contribution in [0.5, 0.6) is 0 Å². The quantitative estimate of drug-likeness (QED) is 0.891. The molecule has 0 aromatic carbocycles. The summed E-state index contributed by atoms with van der Waals surface area (Å²) in [5.41, 5.74) is 1.43. The number of rotatable bonds is 4. The first-order valence-corrected chi connectivity index (χ1v) is 6.16. The van der Waals surface area contributed by atoms with Crippen LogP contribution in [0.15, 0.2) is 24.8 Å². The minimum Gasteiger partial charge on any atom is -0.346 e. The van der Waals surface area contributed by atoms with Crippen LogP contribution in [0.2, 0.25) is 0 Å². The van der Waals surface area contributed by atoms with Gasteiger partial charge in [-0.3, -0.25) is 0 Å². The molecule has 0 amide bonds. The van der Waals surface area contributed by atoms with Gasteiger partial charge in [-0.1, -0.05) is 0 Å². The zero-order chi connectivity index (χ0) is 13.2. The first-order valence-electron chi connectivity index (χ1n) is 6.16. The second-order valence-electron chi connectivity index (χ2n) is 5.65. The summed E-state index contributed by atoms with van der Waals surface area (Å²) in [5, 5.41) is 11.4. The van der Waals surface area contributed by atoms with E-state index in [0.717, 1.165) is 18.9 Å². The van der Waals surface area contributed by atoms with E-state index in [9.17, 15) is 0 Å². The van der Waals surface area contributed by atoms with E-state index in [1.54, 1.807) is 6.33 Å². The third-order valence-electron chi connectivity index (χ3n) is 2.76. The average molecular weight is 247 g/mol. The predicted octanol–water partition coefficient (Wildman–Crippen LogP) is 1.55. The fourth-order valence-corrected chi connectivity index (χ4v) is 1.67. The van der Waals surface area contributed by atoms with Gasteiger partial charge in [-0.05, 0) is 32.4 Å². The zero-order valence-electron chi connectivity index (χ0n) is 11.5. The molecule has 0 saturated heterocycles. The summed E-state index contributed by atoms with van der Waals surface area (Å²) < 4.78 is 4.07. The van der Waals surface area contributed by atoms with Crippen LogP contribution in [-0.2, 0) is 20.1 Å². The lowest BCUT2D eigenvalue weighted by molar-refractivity contribution is 0.424. The van der Waals surface area contributed by atoms with Gasteiger partial charge in [-0.2, -0.15) is 0 Å². The van der Waals surface area contributed by atoms with Crippen molar-refractivity contribution in [2.24, 2.45) is 7.05 Å². The maximum Gasteiger partial charge on any atom is 0.152 e. The minimum atomic E-state index is 0.145. The summed E-state index contributed by atoms with van der Waals surface area (Å²) in [4.78, 5) is 0. The zero-order valence-corrected chi connectivity index (χ0v) is 11.5. The van der Waals surface area contributed by atoms with Crippen molar-refractivity contribution in [3.8, 4) is 0 Å². The molecule has 0 spiro atoms. The van der Waals surface area contributed by atoms with Gasteiger partial charge >= 0.3 is 0 Å². The number of aryl methyl sites for hydroxylation is 1. The molecule has 2 aromatic heterocycles. The van der Waals surface area contributed by atoms with Gasteiger partial charge in [0.1, 0.15) is 6.33 Å². The number of hydrogen-bond donors (Lipinski definition) is 1. The molecule has 0 saturated carbocycles. The topological polar surface area (TPSA) is 47.7 Å². The first-order chi connectivity index (χ1) is 8.44. The van der Waals surface area contributed by atoms with Crippen molar-refractivity contribution in [3.63, 3.8) is 0 Å². The molecule has 0 aliphatic heterocycles. The van der Waals surface area contributed by atoms with Crippen molar-refractivity contribution >= 4 is 0 Å². The van der Waals surface area contributed by atoms with Crippen LogP contribution in [0.4, 0.5) is 0 Å². The van der Waals surface area contributed by atoms with Gasteiger partial charge in [-0.15, -0.1) is 10.2 Å². The molecule has 0 radical (unpaired) electrons. The molecule has 98 valence electrons. The summed E-state index contributed by atoms with van der Waals surface area (Å²) in [6.07, 6.45) is 5.95. The SMILES string of the molecule is Cn1cnnc1Cn1ccc(CNC(C)(C)C)c1. The Morgan fingerprint density at radius 3 is 2.72 bits per heavy atom. The van der Waals surface area contributed by atoms with E-state index in [0.29, 0.717) is 0 Å². The van der Waals surface area contributed by atoms with Crippen LogP contribution in [0.3, 0.4) is 0 Å².